The van der Waals surface area contributed by atoms with E-state index in [0.29, 0.717) is 16.6 Å². The second-order valence-corrected chi connectivity index (χ2v) is 4.26. The SMILES string of the molecule is Nc1cnc(N2CCC(CO)C2)c(Cl)c1. The topological polar surface area (TPSA) is 62.4 Å². The minimum Gasteiger partial charge on any atom is -0.397 e. The van der Waals surface area contributed by atoms with Gasteiger partial charge >= 0.3 is 0 Å². The van der Waals surface area contributed by atoms with Gasteiger partial charge in [-0.25, -0.2) is 4.98 Å². The zero-order valence-corrected chi connectivity index (χ0v) is 9.11. The Morgan fingerprint density at radius 1 is 1.67 bits per heavy atom. The summed E-state index contributed by atoms with van der Waals surface area (Å²) < 4.78 is 0. The van der Waals surface area contributed by atoms with Crippen molar-refractivity contribution in [3.05, 3.63) is 17.3 Å². The van der Waals surface area contributed by atoms with Crippen molar-refractivity contribution in [2.75, 3.05) is 30.3 Å². The van der Waals surface area contributed by atoms with E-state index in [9.17, 15) is 0 Å². The lowest BCUT2D eigenvalue weighted by Crippen LogP contribution is -2.22. The lowest BCUT2D eigenvalue weighted by Gasteiger charge is -2.18. The first-order chi connectivity index (χ1) is 7.20. The minimum atomic E-state index is 0.225. The number of nitrogens with two attached hydrogens (primary N) is 1. The smallest absolute Gasteiger partial charge is 0.147 e. The largest absolute Gasteiger partial charge is 0.397 e. The van der Waals surface area contributed by atoms with Crippen LogP contribution in [0.15, 0.2) is 12.3 Å². The summed E-state index contributed by atoms with van der Waals surface area (Å²) >= 11 is 6.05. The Morgan fingerprint density at radius 3 is 3.07 bits per heavy atom. The van der Waals surface area contributed by atoms with Crippen molar-refractivity contribution in [3.63, 3.8) is 0 Å². The van der Waals surface area contributed by atoms with Crippen molar-refractivity contribution in [2.24, 2.45) is 5.92 Å². The molecule has 0 aromatic carbocycles. The van der Waals surface area contributed by atoms with Gasteiger partial charge in [-0.2, -0.15) is 0 Å². The highest BCUT2D eigenvalue weighted by Gasteiger charge is 2.24. The Balaban J connectivity index is 2.17. The molecule has 0 bridgehead atoms. The predicted molar refractivity (Wildman–Crippen MR) is 61.1 cm³/mol. The molecule has 5 heteroatoms. The fourth-order valence-electron chi connectivity index (χ4n) is 1.85. The summed E-state index contributed by atoms with van der Waals surface area (Å²) in [6.45, 7) is 1.93. The van der Waals surface area contributed by atoms with Gasteiger partial charge in [0.05, 0.1) is 16.9 Å². The fraction of sp³-hybridized carbons (Fsp3) is 0.500. The molecule has 0 radical (unpaired) electrons. The van der Waals surface area contributed by atoms with Crippen LogP contribution in [0.4, 0.5) is 11.5 Å². The van der Waals surface area contributed by atoms with Crippen LogP contribution in [-0.2, 0) is 0 Å². The normalized spacial score (nSPS) is 20.9. The van der Waals surface area contributed by atoms with Crippen molar-refractivity contribution in [1.82, 2.24) is 4.98 Å². The Kier molecular flexibility index (Phi) is 2.98. The summed E-state index contributed by atoms with van der Waals surface area (Å²) in [5.74, 6) is 1.10. The van der Waals surface area contributed by atoms with Crippen molar-refractivity contribution >= 4 is 23.1 Å². The molecular weight excluding hydrogens is 214 g/mol. The molecule has 1 aromatic rings. The molecule has 1 saturated heterocycles. The van der Waals surface area contributed by atoms with Crippen LogP contribution in [0.25, 0.3) is 0 Å². The summed E-state index contributed by atoms with van der Waals surface area (Å²) in [6.07, 6.45) is 2.59. The van der Waals surface area contributed by atoms with Crippen LogP contribution in [0.1, 0.15) is 6.42 Å². The number of rotatable bonds is 2. The fourth-order valence-corrected chi connectivity index (χ4v) is 2.15. The summed E-state index contributed by atoms with van der Waals surface area (Å²) in [7, 11) is 0. The van der Waals surface area contributed by atoms with E-state index >= 15 is 0 Å². The number of nitrogen functional groups attached to an aromatic ring is 1. The summed E-state index contributed by atoms with van der Waals surface area (Å²) in [5, 5.41) is 9.62. The maximum absolute atomic E-state index is 9.04. The Bertz CT molecular complexity index is 359. The number of aromatic nitrogens is 1. The van der Waals surface area contributed by atoms with Crippen molar-refractivity contribution in [2.45, 2.75) is 6.42 Å². The van der Waals surface area contributed by atoms with E-state index in [4.69, 9.17) is 22.4 Å². The number of halogens is 1. The maximum Gasteiger partial charge on any atom is 0.147 e. The summed E-state index contributed by atoms with van der Waals surface area (Å²) in [5.41, 5.74) is 6.15. The monoisotopic (exact) mass is 227 g/mol. The maximum atomic E-state index is 9.04. The third-order valence-electron chi connectivity index (χ3n) is 2.69. The third kappa shape index (κ3) is 2.16. The highest BCUT2D eigenvalue weighted by molar-refractivity contribution is 6.33. The number of pyridine rings is 1. The van der Waals surface area contributed by atoms with E-state index < -0.39 is 0 Å². The molecule has 4 nitrogen and oxygen atoms in total. The number of nitrogens with zero attached hydrogens (tertiary/aromatic N) is 2. The minimum absolute atomic E-state index is 0.225. The molecule has 2 heterocycles. The van der Waals surface area contributed by atoms with Gasteiger partial charge in [0.2, 0.25) is 0 Å². The van der Waals surface area contributed by atoms with E-state index in [1.165, 1.54) is 0 Å². The molecule has 1 atom stereocenters. The standard InChI is InChI=1S/C10H14ClN3O/c11-9-3-8(12)4-13-10(9)14-2-1-7(5-14)6-15/h3-4,7,15H,1-2,5-6,12H2. The van der Waals surface area contributed by atoms with Gasteiger partial charge in [-0.1, -0.05) is 11.6 Å². The second kappa shape index (κ2) is 4.24. The highest BCUT2D eigenvalue weighted by atomic mass is 35.5. The van der Waals surface area contributed by atoms with E-state index in [-0.39, 0.29) is 6.61 Å². The second-order valence-electron chi connectivity index (χ2n) is 3.86. The molecule has 1 fully saturated rings. The molecule has 2 rings (SSSR count). The lowest BCUT2D eigenvalue weighted by atomic mass is 10.1. The Morgan fingerprint density at radius 2 is 2.47 bits per heavy atom. The van der Waals surface area contributed by atoms with Crippen LogP contribution in [0.5, 0.6) is 0 Å². The summed E-state index contributed by atoms with van der Waals surface area (Å²) in [4.78, 5) is 6.30. The average molecular weight is 228 g/mol. The van der Waals surface area contributed by atoms with E-state index in [0.717, 1.165) is 25.3 Å². The van der Waals surface area contributed by atoms with Crippen molar-refractivity contribution in [3.8, 4) is 0 Å². The van der Waals surface area contributed by atoms with Crippen LogP contribution < -0.4 is 10.6 Å². The zero-order valence-electron chi connectivity index (χ0n) is 8.36. The molecule has 3 N–H and O–H groups in total. The van der Waals surface area contributed by atoms with E-state index in [2.05, 4.69) is 9.88 Å². The average Bonchev–Trinajstić information content (AvgIpc) is 2.66. The first-order valence-corrected chi connectivity index (χ1v) is 5.35. The third-order valence-corrected chi connectivity index (χ3v) is 2.96. The van der Waals surface area contributed by atoms with Gasteiger partial charge in [0.25, 0.3) is 0 Å². The Labute approximate surface area is 93.7 Å². The number of hydrogen-bond donors (Lipinski definition) is 2. The van der Waals surface area contributed by atoms with Gasteiger partial charge in [0.1, 0.15) is 5.82 Å². The molecule has 0 saturated carbocycles. The zero-order chi connectivity index (χ0) is 10.8. The molecule has 1 aliphatic rings. The molecule has 0 aliphatic carbocycles. The number of anilines is 2. The van der Waals surface area contributed by atoms with Gasteiger partial charge in [-0.3, -0.25) is 0 Å². The molecule has 1 aliphatic heterocycles. The van der Waals surface area contributed by atoms with Crippen molar-refractivity contribution < 1.29 is 5.11 Å². The van der Waals surface area contributed by atoms with Gasteiger partial charge < -0.3 is 15.7 Å². The van der Waals surface area contributed by atoms with Gasteiger partial charge in [-0.05, 0) is 12.5 Å². The molecule has 15 heavy (non-hydrogen) atoms. The van der Waals surface area contributed by atoms with Crippen LogP contribution in [0.2, 0.25) is 5.02 Å². The first kappa shape index (κ1) is 10.5. The Hall–Kier alpha value is -1.00. The van der Waals surface area contributed by atoms with E-state index in [1.54, 1.807) is 12.3 Å². The number of hydrogen-bond acceptors (Lipinski definition) is 4. The van der Waals surface area contributed by atoms with Gasteiger partial charge in [0, 0.05) is 25.6 Å². The molecule has 0 amide bonds. The first-order valence-electron chi connectivity index (χ1n) is 4.97. The summed E-state index contributed by atoms with van der Waals surface area (Å²) in [6, 6.07) is 1.70. The van der Waals surface area contributed by atoms with Crippen LogP contribution in [0, 0.1) is 5.92 Å². The van der Waals surface area contributed by atoms with Crippen LogP contribution in [-0.4, -0.2) is 29.8 Å². The molecule has 0 spiro atoms. The predicted octanol–water partition coefficient (Wildman–Crippen LogP) is 1.14. The molecular formula is C10H14ClN3O. The van der Waals surface area contributed by atoms with Gasteiger partial charge in [-0.15, -0.1) is 0 Å². The van der Waals surface area contributed by atoms with Crippen LogP contribution >= 0.6 is 11.6 Å². The quantitative estimate of drug-likeness (QED) is 0.795. The number of aliphatic hydroxyl groups is 1. The highest BCUT2D eigenvalue weighted by Crippen LogP contribution is 2.29. The number of aliphatic hydroxyl groups excluding tert-OH is 1. The molecule has 1 unspecified atom stereocenters. The lowest BCUT2D eigenvalue weighted by molar-refractivity contribution is 0.238. The molecule has 1 aromatic heterocycles. The van der Waals surface area contributed by atoms with E-state index in [1.807, 2.05) is 0 Å². The van der Waals surface area contributed by atoms with Crippen LogP contribution in [0.3, 0.4) is 0 Å². The van der Waals surface area contributed by atoms with Crippen molar-refractivity contribution in [1.29, 1.82) is 0 Å². The van der Waals surface area contributed by atoms with Gasteiger partial charge in [0.15, 0.2) is 0 Å². The molecule has 82 valence electrons.